The predicted molar refractivity (Wildman–Crippen MR) is 76.8 cm³/mol. The predicted octanol–water partition coefficient (Wildman–Crippen LogP) is 2.72. The first-order valence-electron chi connectivity index (χ1n) is 5.62. The molecule has 0 bridgehead atoms. The van der Waals surface area contributed by atoms with Crippen LogP contribution in [0.15, 0.2) is 28.5 Å². The first kappa shape index (κ1) is 14.2. The monoisotopic (exact) mass is 312 g/mol. The van der Waals surface area contributed by atoms with Gasteiger partial charge in [-0.05, 0) is 30.7 Å². The third-order valence-corrected chi connectivity index (χ3v) is 6.57. The maximum Gasteiger partial charge on any atom is 0.250 e. The summed E-state index contributed by atoms with van der Waals surface area (Å²) in [5.74, 6) is 0. The molecule has 0 aliphatic heterocycles. The molecule has 7 heteroatoms. The van der Waals surface area contributed by atoms with Gasteiger partial charge in [0.05, 0.1) is 0 Å². The first-order chi connectivity index (χ1) is 9.05. The van der Waals surface area contributed by atoms with Crippen LogP contribution in [0.1, 0.15) is 21.6 Å². The molecule has 0 radical (unpaired) electrons. The molecule has 0 amide bonds. The van der Waals surface area contributed by atoms with E-state index in [2.05, 4.69) is 11.6 Å². The molecule has 0 fully saturated rings. The first-order valence-corrected chi connectivity index (χ1v) is 8.74. The van der Waals surface area contributed by atoms with Crippen molar-refractivity contribution in [3.05, 3.63) is 38.9 Å². The highest BCUT2D eigenvalue weighted by molar-refractivity contribution is 7.91. The van der Waals surface area contributed by atoms with Crippen molar-refractivity contribution in [1.29, 1.82) is 5.26 Å². The Kier molecular flexibility index (Phi) is 4.37. The largest absolute Gasteiger partial charge is 0.250 e. The fourth-order valence-corrected chi connectivity index (χ4v) is 4.61. The van der Waals surface area contributed by atoms with Gasteiger partial charge >= 0.3 is 0 Å². The second kappa shape index (κ2) is 5.84. The number of nitrogens with zero attached hydrogens (tertiary/aromatic N) is 1. The summed E-state index contributed by atoms with van der Waals surface area (Å²) in [6.45, 7) is 2.35. The molecule has 100 valence electrons. The molecule has 0 aliphatic carbocycles. The van der Waals surface area contributed by atoms with Crippen LogP contribution in [0.3, 0.4) is 0 Å². The van der Waals surface area contributed by atoms with Crippen LogP contribution in [-0.2, 0) is 23.0 Å². The maximum atomic E-state index is 12.0. The summed E-state index contributed by atoms with van der Waals surface area (Å²) in [5.41, 5.74) is 0. The minimum atomic E-state index is -3.52. The van der Waals surface area contributed by atoms with E-state index in [1.54, 1.807) is 11.3 Å². The molecule has 0 unspecified atom stereocenters. The summed E-state index contributed by atoms with van der Waals surface area (Å²) in [7, 11) is -3.52. The molecular weight excluding hydrogens is 300 g/mol. The quantitative estimate of drug-likeness (QED) is 0.923. The van der Waals surface area contributed by atoms with Crippen molar-refractivity contribution in [3.63, 3.8) is 0 Å². The number of nitriles is 1. The highest BCUT2D eigenvalue weighted by Crippen LogP contribution is 2.22. The summed E-state index contributed by atoms with van der Waals surface area (Å²) in [6, 6.07) is 8.84. The van der Waals surface area contributed by atoms with Crippen LogP contribution in [0.2, 0.25) is 0 Å². The summed E-state index contributed by atoms with van der Waals surface area (Å²) >= 11 is 2.58. The molecule has 2 aromatic rings. The fraction of sp³-hybridized carbons (Fsp3) is 0.250. The summed E-state index contributed by atoms with van der Waals surface area (Å²) in [6.07, 6.45) is 0.952. The average molecular weight is 312 g/mol. The van der Waals surface area contributed by atoms with E-state index in [0.717, 1.165) is 22.6 Å². The number of hydrogen-bond donors (Lipinski definition) is 1. The highest BCUT2D eigenvalue weighted by atomic mass is 32.2. The van der Waals surface area contributed by atoms with Gasteiger partial charge < -0.3 is 0 Å². The number of sulfonamides is 1. The number of aryl methyl sites for hydroxylation is 1. The zero-order valence-corrected chi connectivity index (χ0v) is 12.7. The van der Waals surface area contributed by atoms with Gasteiger partial charge in [-0.2, -0.15) is 5.26 Å². The van der Waals surface area contributed by atoms with Crippen molar-refractivity contribution >= 4 is 32.7 Å². The van der Waals surface area contributed by atoms with Gasteiger partial charge in [-0.1, -0.05) is 6.92 Å². The molecular formula is C12H12N2O2S3. The topological polar surface area (TPSA) is 70.0 Å². The molecule has 0 spiro atoms. The number of nitrogens with one attached hydrogen (secondary N) is 1. The minimum Gasteiger partial charge on any atom is -0.206 e. The summed E-state index contributed by atoms with van der Waals surface area (Å²) in [5, 5.41) is 8.70. The number of hydrogen-bond acceptors (Lipinski definition) is 5. The Morgan fingerprint density at radius 3 is 2.53 bits per heavy atom. The van der Waals surface area contributed by atoms with Gasteiger partial charge in [-0.3, -0.25) is 0 Å². The lowest BCUT2D eigenvalue weighted by Gasteiger charge is -2.02. The Bertz CT molecular complexity index is 707. The van der Waals surface area contributed by atoms with Crippen molar-refractivity contribution in [3.8, 4) is 6.07 Å². The lowest BCUT2D eigenvalue weighted by Crippen LogP contribution is -2.21. The van der Waals surface area contributed by atoms with Crippen molar-refractivity contribution in [2.75, 3.05) is 0 Å². The summed E-state index contributed by atoms with van der Waals surface area (Å²) in [4.78, 5) is 2.61. The summed E-state index contributed by atoms with van der Waals surface area (Å²) < 4.78 is 26.7. The molecule has 19 heavy (non-hydrogen) atoms. The lowest BCUT2D eigenvalue weighted by molar-refractivity contribution is 0.584. The average Bonchev–Trinajstić information content (AvgIpc) is 3.05. The Morgan fingerprint density at radius 1 is 1.21 bits per heavy atom. The van der Waals surface area contributed by atoms with E-state index in [4.69, 9.17) is 5.26 Å². The molecule has 2 aromatic heterocycles. The number of rotatable bonds is 5. The van der Waals surface area contributed by atoms with E-state index in [9.17, 15) is 8.42 Å². The van der Waals surface area contributed by atoms with Gasteiger partial charge in [0.1, 0.15) is 15.2 Å². The standard InChI is InChI=1S/C12H12N2O2S3/c1-2-9-3-4-11(17-9)8-14-19(15,16)12-6-5-10(7-13)18-12/h3-6,14H,2,8H2,1H3. The van der Waals surface area contributed by atoms with Crippen LogP contribution in [-0.4, -0.2) is 8.42 Å². The van der Waals surface area contributed by atoms with Gasteiger partial charge in [0.15, 0.2) is 0 Å². The SMILES string of the molecule is CCc1ccc(CNS(=O)(=O)c2ccc(C#N)s2)s1. The third-order valence-electron chi connectivity index (χ3n) is 2.46. The smallest absolute Gasteiger partial charge is 0.206 e. The Morgan fingerprint density at radius 2 is 1.95 bits per heavy atom. The van der Waals surface area contributed by atoms with Gasteiger partial charge in [-0.25, -0.2) is 13.1 Å². The normalized spacial score (nSPS) is 11.4. The van der Waals surface area contributed by atoms with E-state index in [1.165, 1.54) is 17.0 Å². The van der Waals surface area contributed by atoms with Crippen molar-refractivity contribution < 1.29 is 8.42 Å². The molecule has 2 heterocycles. The van der Waals surface area contributed by atoms with Crippen LogP contribution >= 0.6 is 22.7 Å². The maximum absolute atomic E-state index is 12.0. The Hall–Kier alpha value is -1.20. The van der Waals surface area contributed by atoms with Crippen LogP contribution in [0.4, 0.5) is 0 Å². The second-order valence-corrected chi connectivity index (χ2v) is 8.11. The Balaban J connectivity index is 2.07. The minimum absolute atomic E-state index is 0.177. The van der Waals surface area contributed by atoms with Crippen LogP contribution in [0, 0.1) is 11.3 Å². The molecule has 0 atom stereocenters. The molecule has 0 aromatic carbocycles. The second-order valence-electron chi connectivity index (χ2n) is 3.78. The molecule has 2 rings (SSSR count). The van der Waals surface area contributed by atoms with E-state index in [1.807, 2.05) is 18.2 Å². The van der Waals surface area contributed by atoms with Gasteiger partial charge in [0, 0.05) is 16.3 Å². The molecule has 0 saturated carbocycles. The highest BCUT2D eigenvalue weighted by Gasteiger charge is 2.16. The van der Waals surface area contributed by atoms with E-state index < -0.39 is 10.0 Å². The molecule has 0 saturated heterocycles. The van der Waals surface area contributed by atoms with E-state index >= 15 is 0 Å². The molecule has 4 nitrogen and oxygen atoms in total. The van der Waals surface area contributed by atoms with Gasteiger partial charge in [0.2, 0.25) is 10.0 Å². The van der Waals surface area contributed by atoms with Crippen LogP contribution < -0.4 is 4.72 Å². The van der Waals surface area contributed by atoms with Crippen molar-refractivity contribution in [2.24, 2.45) is 0 Å². The van der Waals surface area contributed by atoms with Crippen LogP contribution in [0.5, 0.6) is 0 Å². The zero-order valence-electron chi connectivity index (χ0n) is 10.2. The van der Waals surface area contributed by atoms with Crippen molar-refractivity contribution in [2.45, 2.75) is 24.1 Å². The number of thiophene rings is 2. The molecule has 0 aliphatic rings. The lowest BCUT2D eigenvalue weighted by atomic mass is 10.4. The zero-order chi connectivity index (χ0) is 13.9. The third kappa shape index (κ3) is 3.42. The Labute approximate surface area is 120 Å². The van der Waals surface area contributed by atoms with Gasteiger partial charge in [0.25, 0.3) is 0 Å². The van der Waals surface area contributed by atoms with Crippen LogP contribution in [0.25, 0.3) is 0 Å². The van der Waals surface area contributed by atoms with Crippen molar-refractivity contribution in [1.82, 2.24) is 4.72 Å². The van der Waals surface area contributed by atoms with E-state index in [0.29, 0.717) is 4.88 Å². The fourth-order valence-electron chi connectivity index (χ4n) is 1.47. The van der Waals surface area contributed by atoms with Gasteiger partial charge in [-0.15, -0.1) is 22.7 Å². The molecule has 1 N–H and O–H groups in total. The van der Waals surface area contributed by atoms with E-state index in [-0.39, 0.29) is 10.8 Å².